The minimum atomic E-state index is -0.830. The molecule has 27 heavy (non-hydrogen) atoms. The minimum Gasteiger partial charge on any atom is -0.422 e. The van der Waals surface area contributed by atoms with E-state index in [0.29, 0.717) is 0 Å². The van der Waals surface area contributed by atoms with Gasteiger partial charge in [0.15, 0.2) is 11.5 Å². The largest absolute Gasteiger partial charge is 0.422 e. The summed E-state index contributed by atoms with van der Waals surface area (Å²) in [5, 5.41) is 11.4. The maximum Gasteiger partial charge on any atom is 0.316 e. The maximum atomic E-state index is 12.8. The monoisotopic (exact) mass is 371 g/mol. The number of rotatable bonds is 6. The molecule has 8 heteroatoms. The van der Waals surface area contributed by atoms with Gasteiger partial charge in [-0.3, -0.25) is 24.5 Å². The van der Waals surface area contributed by atoms with Gasteiger partial charge in [0.2, 0.25) is 0 Å². The molecule has 140 valence electrons. The number of ketones is 1. The van der Waals surface area contributed by atoms with Crippen LogP contribution in [0.5, 0.6) is 11.5 Å². The van der Waals surface area contributed by atoms with Crippen LogP contribution in [0.1, 0.15) is 42.6 Å². The van der Waals surface area contributed by atoms with E-state index >= 15 is 0 Å². The second-order valence-electron chi connectivity index (χ2n) is 5.76. The number of esters is 2. The molecule has 0 fully saturated rings. The van der Waals surface area contributed by atoms with Crippen molar-refractivity contribution >= 4 is 23.4 Å². The maximum absolute atomic E-state index is 12.8. The van der Waals surface area contributed by atoms with Crippen LogP contribution >= 0.6 is 0 Å². The molecule has 2 aromatic carbocycles. The Kier molecular flexibility index (Phi) is 6.02. The van der Waals surface area contributed by atoms with Crippen molar-refractivity contribution in [2.45, 2.75) is 26.7 Å². The van der Waals surface area contributed by atoms with Gasteiger partial charge in [0, 0.05) is 31.4 Å². The zero-order valence-electron chi connectivity index (χ0n) is 14.9. The number of carbonyl (C=O) groups excluding carboxylic acids is 3. The van der Waals surface area contributed by atoms with E-state index < -0.39 is 40.0 Å². The highest BCUT2D eigenvalue weighted by Crippen LogP contribution is 2.40. The molecule has 0 heterocycles. The number of ether oxygens (including phenoxy) is 2. The first-order valence-electron chi connectivity index (χ1n) is 7.99. The van der Waals surface area contributed by atoms with Crippen molar-refractivity contribution in [1.82, 2.24) is 0 Å². The lowest BCUT2D eigenvalue weighted by Gasteiger charge is -2.14. The third-order valence-corrected chi connectivity index (χ3v) is 3.71. The van der Waals surface area contributed by atoms with Gasteiger partial charge in [-0.1, -0.05) is 37.3 Å². The standard InChI is InChI=1S/C19H17NO7/c1-11(14-7-5-4-6-8-14)18(23)15-9-16(20(24)25)19(27-13(3)22)17(10-15)26-12(2)21/h4-11H,1-3H3. The van der Waals surface area contributed by atoms with Crippen LogP contribution in [0.2, 0.25) is 0 Å². The van der Waals surface area contributed by atoms with Crippen LogP contribution in [0.25, 0.3) is 0 Å². The first-order valence-corrected chi connectivity index (χ1v) is 7.99. The van der Waals surface area contributed by atoms with Crippen LogP contribution in [-0.4, -0.2) is 22.6 Å². The average Bonchev–Trinajstić information content (AvgIpc) is 2.61. The summed E-state index contributed by atoms with van der Waals surface area (Å²) in [5.74, 6) is -3.49. The first-order chi connectivity index (χ1) is 12.7. The molecular weight excluding hydrogens is 354 g/mol. The lowest BCUT2D eigenvalue weighted by Crippen LogP contribution is -2.13. The summed E-state index contributed by atoms with van der Waals surface area (Å²) < 4.78 is 9.79. The Morgan fingerprint density at radius 3 is 2.11 bits per heavy atom. The Balaban J connectivity index is 2.58. The van der Waals surface area contributed by atoms with E-state index in [1.807, 2.05) is 0 Å². The van der Waals surface area contributed by atoms with Crippen LogP contribution in [0.4, 0.5) is 5.69 Å². The highest BCUT2D eigenvalue weighted by Gasteiger charge is 2.28. The van der Waals surface area contributed by atoms with Gasteiger partial charge < -0.3 is 9.47 Å². The van der Waals surface area contributed by atoms with Crippen molar-refractivity contribution in [3.8, 4) is 11.5 Å². The molecule has 0 aromatic heterocycles. The highest BCUT2D eigenvalue weighted by molar-refractivity contribution is 6.02. The minimum absolute atomic E-state index is 0.0368. The van der Waals surface area contributed by atoms with E-state index in [4.69, 9.17) is 9.47 Å². The smallest absolute Gasteiger partial charge is 0.316 e. The van der Waals surface area contributed by atoms with E-state index in [2.05, 4.69) is 0 Å². The van der Waals surface area contributed by atoms with Crippen molar-refractivity contribution in [1.29, 1.82) is 0 Å². The molecule has 0 spiro atoms. The SMILES string of the molecule is CC(=O)Oc1cc(C(=O)C(C)c2ccccc2)cc([N+](=O)[O-])c1OC(C)=O. The highest BCUT2D eigenvalue weighted by atomic mass is 16.6. The van der Waals surface area contributed by atoms with Crippen LogP contribution in [0.3, 0.4) is 0 Å². The van der Waals surface area contributed by atoms with Gasteiger partial charge in [0.25, 0.3) is 5.75 Å². The molecular formula is C19H17NO7. The van der Waals surface area contributed by atoms with Gasteiger partial charge in [-0.05, 0) is 11.6 Å². The third-order valence-electron chi connectivity index (χ3n) is 3.71. The fourth-order valence-corrected chi connectivity index (χ4v) is 2.49. The van der Waals surface area contributed by atoms with E-state index in [1.165, 1.54) is 0 Å². The number of carbonyl (C=O) groups is 3. The first kappa shape index (κ1) is 19.8. The summed E-state index contributed by atoms with van der Waals surface area (Å²) in [6, 6.07) is 11.0. The molecule has 0 aliphatic rings. The molecule has 0 radical (unpaired) electrons. The van der Waals surface area contributed by atoms with Gasteiger partial charge in [-0.25, -0.2) is 0 Å². The summed E-state index contributed by atoms with van der Waals surface area (Å²) in [4.78, 5) is 46.1. The molecule has 0 N–H and O–H groups in total. The van der Waals surface area contributed by atoms with Gasteiger partial charge in [-0.2, -0.15) is 0 Å². The zero-order valence-corrected chi connectivity index (χ0v) is 14.9. The number of nitro benzene ring substituents is 1. The Bertz CT molecular complexity index is 906. The number of benzene rings is 2. The Hall–Kier alpha value is -3.55. The predicted octanol–water partition coefficient (Wildman–Crippen LogP) is 3.43. The second-order valence-corrected chi connectivity index (χ2v) is 5.76. The Morgan fingerprint density at radius 1 is 1.00 bits per heavy atom. The second kappa shape index (κ2) is 8.22. The summed E-state index contributed by atoms with van der Waals surface area (Å²) in [5.41, 5.74) is 0.0426. The zero-order chi connectivity index (χ0) is 20.1. The molecule has 0 bridgehead atoms. The number of nitro groups is 1. The molecule has 2 aromatic rings. The summed E-state index contributed by atoms with van der Waals surface area (Å²) in [7, 11) is 0. The Labute approximate surface area is 154 Å². The topological polar surface area (TPSA) is 113 Å². The van der Waals surface area contributed by atoms with Crippen LogP contribution < -0.4 is 9.47 Å². The van der Waals surface area contributed by atoms with Gasteiger partial charge in [0.1, 0.15) is 0 Å². The normalized spacial score (nSPS) is 11.4. The summed E-state index contributed by atoms with van der Waals surface area (Å²) in [6.45, 7) is 3.80. The van der Waals surface area contributed by atoms with Crippen LogP contribution in [0.15, 0.2) is 42.5 Å². The molecule has 1 unspecified atom stereocenters. The van der Waals surface area contributed by atoms with Gasteiger partial charge in [0.05, 0.1) is 4.92 Å². The lowest BCUT2D eigenvalue weighted by molar-refractivity contribution is -0.385. The van der Waals surface area contributed by atoms with E-state index in [9.17, 15) is 24.5 Å². The third kappa shape index (κ3) is 4.75. The number of hydrogen-bond donors (Lipinski definition) is 0. The van der Waals surface area contributed by atoms with Gasteiger partial charge >= 0.3 is 17.6 Å². The fraction of sp³-hybridized carbons (Fsp3) is 0.211. The molecule has 0 aliphatic heterocycles. The number of hydrogen-bond acceptors (Lipinski definition) is 7. The molecule has 0 saturated heterocycles. The molecule has 8 nitrogen and oxygen atoms in total. The predicted molar refractivity (Wildman–Crippen MR) is 94.9 cm³/mol. The van der Waals surface area contributed by atoms with Crippen LogP contribution in [-0.2, 0) is 9.59 Å². The quantitative estimate of drug-likeness (QED) is 0.251. The molecule has 0 aliphatic carbocycles. The molecule has 0 saturated carbocycles. The van der Waals surface area contributed by atoms with E-state index in [-0.39, 0.29) is 11.3 Å². The number of Topliss-reactive ketones (excluding diaryl/α,β-unsaturated/α-hetero) is 1. The van der Waals surface area contributed by atoms with Crippen LogP contribution in [0, 0.1) is 10.1 Å². The molecule has 0 amide bonds. The van der Waals surface area contributed by atoms with Crippen molar-refractivity contribution in [3.05, 3.63) is 63.7 Å². The average molecular weight is 371 g/mol. The molecule has 1 atom stereocenters. The van der Waals surface area contributed by atoms with Crippen molar-refractivity contribution in [3.63, 3.8) is 0 Å². The lowest BCUT2D eigenvalue weighted by atomic mass is 9.92. The van der Waals surface area contributed by atoms with Crippen molar-refractivity contribution in [2.75, 3.05) is 0 Å². The van der Waals surface area contributed by atoms with E-state index in [1.54, 1.807) is 37.3 Å². The fourth-order valence-electron chi connectivity index (χ4n) is 2.49. The number of nitrogens with zero attached hydrogens (tertiary/aromatic N) is 1. The van der Waals surface area contributed by atoms with Gasteiger partial charge in [-0.15, -0.1) is 0 Å². The molecule has 2 rings (SSSR count). The van der Waals surface area contributed by atoms with Crippen molar-refractivity contribution < 1.29 is 28.8 Å². The van der Waals surface area contributed by atoms with Crippen molar-refractivity contribution in [2.24, 2.45) is 0 Å². The summed E-state index contributed by atoms with van der Waals surface area (Å²) in [6.07, 6.45) is 0. The Morgan fingerprint density at radius 2 is 1.59 bits per heavy atom. The van der Waals surface area contributed by atoms with E-state index in [0.717, 1.165) is 31.5 Å². The summed E-state index contributed by atoms with van der Waals surface area (Å²) >= 11 is 0.